The van der Waals surface area contributed by atoms with Crippen LogP contribution < -0.4 is 9.74 Å². The molecule has 3 aromatic rings. The molecule has 0 bridgehead atoms. The van der Waals surface area contributed by atoms with Gasteiger partial charge in [0.05, 0.1) is 0 Å². The van der Waals surface area contributed by atoms with Crippen molar-refractivity contribution in [1.29, 1.82) is 0 Å². The number of hydrogen-bond donors (Lipinski definition) is 1. The van der Waals surface area contributed by atoms with E-state index in [9.17, 15) is 0 Å². The van der Waals surface area contributed by atoms with E-state index in [1.165, 1.54) is 10.9 Å². The Kier molecular flexibility index (Phi) is 4.41. The molecule has 0 fully saturated rings. The molecular formula is C21H28N2OSi. The van der Waals surface area contributed by atoms with Gasteiger partial charge in [-0.05, 0) is 66.7 Å². The van der Waals surface area contributed by atoms with Gasteiger partial charge in [-0.1, -0.05) is 20.8 Å². The molecule has 0 unspecified atom stereocenters. The van der Waals surface area contributed by atoms with E-state index in [1.807, 2.05) is 0 Å². The summed E-state index contributed by atoms with van der Waals surface area (Å²) >= 11 is 0. The number of nitrogens with one attached hydrogen (secondary N) is 1. The molecule has 1 heterocycles. The van der Waals surface area contributed by atoms with Crippen LogP contribution in [0, 0.1) is 0 Å². The van der Waals surface area contributed by atoms with Gasteiger partial charge in [0.2, 0.25) is 8.32 Å². The molecule has 0 saturated heterocycles. The SMILES string of the molecule is Cn1ccc2cc(Nc3ccc(O[Si](C)(C)C(C)(C)C)cc3)ccc21. The van der Waals surface area contributed by atoms with Crippen molar-refractivity contribution in [1.82, 2.24) is 4.57 Å². The summed E-state index contributed by atoms with van der Waals surface area (Å²) in [6.45, 7) is 11.3. The van der Waals surface area contributed by atoms with E-state index < -0.39 is 8.32 Å². The minimum absolute atomic E-state index is 0.203. The van der Waals surface area contributed by atoms with E-state index in [0.717, 1.165) is 17.1 Å². The Hall–Kier alpha value is -2.20. The van der Waals surface area contributed by atoms with Gasteiger partial charge < -0.3 is 14.3 Å². The van der Waals surface area contributed by atoms with Crippen LogP contribution in [0.25, 0.3) is 10.9 Å². The molecule has 1 N–H and O–H groups in total. The topological polar surface area (TPSA) is 26.2 Å². The molecule has 0 atom stereocenters. The van der Waals surface area contributed by atoms with Crippen molar-refractivity contribution in [3.05, 3.63) is 54.7 Å². The largest absolute Gasteiger partial charge is 0.544 e. The number of rotatable bonds is 4. The lowest BCUT2D eigenvalue weighted by Crippen LogP contribution is -2.43. The van der Waals surface area contributed by atoms with Crippen LogP contribution >= 0.6 is 0 Å². The molecule has 2 aromatic carbocycles. The molecule has 0 radical (unpaired) electrons. The molecule has 0 aliphatic carbocycles. The second-order valence-corrected chi connectivity index (χ2v) is 12.9. The number of hydrogen-bond acceptors (Lipinski definition) is 2. The maximum Gasteiger partial charge on any atom is 0.250 e. The number of aromatic nitrogens is 1. The fraction of sp³-hybridized carbons (Fsp3) is 0.333. The Labute approximate surface area is 151 Å². The average Bonchev–Trinajstić information content (AvgIpc) is 2.89. The fourth-order valence-electron chi connectivity index (χ4n) is 2.58. The zero-order valence-corrected chi connectivity index (χ0v) is 17.1. The van der Waals surface area contributed by atoms with Crippen molar-refractivity contribution in [2.45, 2.75) is 38.9 Å². The predicted molar refractivity (Wildman–Crippen MR) is 110 cm³/mol. The Bertz CT molecular complexity index is 873. The Balaban J connectivity index is 1.73. The van der Waals surface area contributed by atoms with E-state index in [-0.39, 0.29) is 5.04 Å². The van der Waals surface area contributed by atoms with Gasteiger partial charge in [-0.3, -0.25) is 0 Å². The molecule has 4 heteroatoms. The van der Waals surface area contributed by atoms with Crippen LogP contribution in [0.4, 0.5) is 11.4 Å². The van der Waals surface area contributed by atoms with E-state index in [1.54, 1.807) is 0 Å². The standard InChI is InChI=1S/C21H28N2OSi/c1-21(2,3)25(5,6)24-19-10-7-17(8-11-19)22-18-9-12-20-16(15-18)13-14-23(20)4/h7-15,22H,1-6H3. The molecule has 0 aliphatic rings. The van der Waals surface area contributed by atoms with E-state index in [2.05, 4.69) is 106 Å². The number of anilines is 2. The first-order valence-corrected chi connectivity index (χ1v) is 11.7. The smallest absolute Gasteiger partial charge is 0.250 e. The van der Waals surface area contributed by atoms with Crippen molar-refractivity contribution in [3.63, 3.8) is 0 Å². The van der Waals surface area contributed by atoms with Crippen molar-refractivity contribution < 1.29 is 4.43 Å². The van der Waals surface area contributed by atoms with Gasteiger partial charge in [0.25, 0.3) is 0 Å². The molecule has 25 heavy (non-hydrogen) atoms. The highest BCUT2D eigenvalue weighted by atomic mass is 28.4. The zero-order chi connectivity index (χ0) is 18.2. The summed E-state index contributed by atoms with van der Waals surface area (Å²) in [5.74, 6) is 0.954. The fourth-order valence-corrected chi connectivity index (χ4v) is 3.61. The van der Waals surface area contributed by atoms with E-state index >= 15 is 0 Å². The molecule has 3 rings (SSSR count). The first-order chi connectivity index (χ1) is 11.7. The molecule has 132 valence electrons. The lowest BCUT2D eigenvalue weighted by Gasteiger charge is -2.36. The van der Waals surface area contributed by atoms with Gasteiger partial charge in [0, 0.05) is 35.5 Å². The second kappa shape index (κ2) is 6.26. The highest BCUT2D eigenvalue weighted by molar-refractivity contribution is 6.74. The molecule has 1 aromatic heterocycles. The summed E-state index contributed by atoms with van der Waals surface area (Å²) in [5.41, 5.74) is 3.40. The normalized spacial score (nSPS) is 12.4. The zero-order valence-electron chi connectivity index (χ0n) is 16.1. The summed E-state index contributed by atoms with van der Waals surface area (Å²) < 4.78 is 8.47. The quantitative estimate of drug-likeness (QED) is 0.557. The van der Waals surface area contributed by atoms with E-state index in [0.29, 0.717) is 0 Å². The summed E-state index contributed by atoms with van der Waals surface area (Å²) in [7, 11) is 0.278. The Morgan fingerprint density at radius 1 is 0.920 bits per heavy atom. The van der Waals surface area contributed by atoms with Gasteiger partial charge >= 0.3 is 0 Å². The third-order valence-corrected chi connectivity index (χ3v) is 9.57. The van der Waals surface area contributed by atoms with Gasteiger partial charge in [-0.25, -0.2) is 0 Å². The minimum Gasteiger partial charge on any atom is -0.544 e. The van der Waals surface area contributed by atoms with E-state index in [4.69, 9.17) is 4.43 Å². The first kappa shape index (κ1) is 17.6. The van der Waals surface area contributed by atoms with Gasteiger partial charge in [-0.2, -0.15) is 0 Å². The van der Waals surface area contributed by atoms with Crippen molar-refractivity contribution in [2.75, 3.05) is 5.32 Å². The highest BCUT2D eigenvalue weighted by Gasteiger charge is 2.38. The minimum atomic E-state index is -1.79. The van der Waals surface area contributed by atoms with Crippen LogP contribution in [-0.2, 0) is 7.05 Å². The van der Waals surface area contributed by atoms with Gasteiger partial charge in [0.1, 0.15) is 5.75 Å². The van der Waals surface area contributed by atoms with Crippen molar-refractivity contribution in [2.24, 2.45) is 7.05 Å². The first-order valence-electron chi connectivity index (χ1n) is 8.77. The lowest BCUT2D eigenvalue weighted by atomic mass is 10.2. The second-order valence-electron chi connectivity index (χ2n) is 8.21. The number of aryl methyl sites for hydroxylation is 1. The summed E-state index contributed by atoms with van der Waals surface area (Å²) in [4.78, 5) is 0. The molecular weight excluding hydrogens is 324 g/mol. The van der Waals surface area contributed by atoms with Crippen molar-refractivity contribution >= 4 is 30.6 Å². The van der Waals surface area contributed by atoms with Crippen LogP contribution in [0.15, 0.2) is 54.7 Å². The molecule has 0 saturated carbocycles. The van der Waals surface area contributed by atoms with Gasteiger partial charge in [0.15, 0.2) is 0 Å². The maximum absolute atomic E-state index is 6.34. The third kappa shape index (κ3) is 3.74. The van der Waals surface area contributed by atoms with Crippen LogP contribution in [0.2, 0.25) is 18.1 Å². The average molecular weight is 353 g/mol. The molecule has 0 amide bonds. The van der Waals surface area contributed by atoms with Gasteiger partial charge in [-0.15, -0.1) is 0 Å². The summed E-state index contributed by atoms with van der Waals surface area (Å²) in [5, 5.41) is 4.92. The number of nitrogens with zero attached hydrogens (tertiary/aromatic N) is 1. The number of fused-ring (bicyclic) bond motifs is 1. The van der Waals surface area contributed by atoms with Crippen LogP contribution in [-0.4, -0.2) is 12.9 Å². The lowest BCUT2D eigenvalue weighted by molar-refractivity contribution is 0.492. The monoisotopic (exact) mass is 352 g/mol. The number of benzene rings is 2. The van der Waals surface area contributed by atoms with Crippen LogP contribution in [0.3, 0.4) is 0 Å². The maximum atomic E-state index is 6.34. The summed E-state index contributed by atoms with van der Waals surface area (Å²) in [6, 6.07) is 16.9. The van der Waals surface area contributed by atoms with Crippen LogP contribution in [0.1, 0.15) is 20.8 Å². The molecule has 0 aliphatic heterocycles. The van der Waals surface area contributed by atoms with Crippen molar-refractivity contribution in [3.8, 4) is 5.75 Å². The molecule has 3 nitrogen and oxygen atoms in total. The molecule has 0 spiro atoms. The Morgan fingerprint density at radius 2 is 1.56 bits per heavy atom. The van der Waals surface area contributed by atoms with Crippen LogP contribution in [0.5, 0.6) is 5.75 Å². The Morgan fingerprint density at radius 3 is 2.20 bits per heavy atom. The highest BCUT2D eigenvalue weighted by Crippen LogP contribution is 2.37. The predicted octanol–water partition coefficient (Wildman–Crippen LogP) is 6.31. The third-order valence-electron chi connectivity index (χ3n) is 5.21. The summed E-state index contributed by atoms with van der Waals surface area (Å²) in [6.07, 6.45) is 2.08.